The highest BCUT2D eigenvalue weighted by molar-refractivity contribution is 5.92. The van der Waals surface area contributed by atoms with Crippen LogP contribution in [0.3, 0.4) is 0 Å². The highest BCUT2D eigenvalue weighted by Gasteiger charge is 2.18. The number of hydrogen-bond acceptors (Lipinski definition) is 4. The third kappa shape index (κ3) is 4.99. The van der Waals surface area contributed by atoms with E-state index in [4.69, 9.17) is 10.5 Å². The number of nitrogens with zero attached hydrogens (tertiary/aromatic N) is 2. The van der Waals surface area contributed by atoms with Gasteiger partial charge in [0, 0.05) is 32.3 Å². The molecule has 0 unspecified atom stereocenters. The molecule has 0 atom stereocenters. The molecular formula is C18H27N3O2. The van der Waals surface area contributed by atoms with Gasteiger partial charge in [-0.25, -0.2) is 0 Å². The zero-order chi connectivity index (χ0) is 16.7. The van der Waals surface area contributed by atoms with Gasteiger partial charge in [-0.3, -0.25) is 4.79 Å². The van der Waals surface area contributed by atoms with Crippen LogP contribution in [0.25, 0.3) is 6.08 Å². The summed E-state index contributed by atoms with van der Waals surface area (Å²) in [5.41, 5.74) is 7.49. The SMILES string of the molecule is CCCOc1ccc(/C=C\C(=O)N2CCN(CC)CC2)cc1N. The fourth-order valence-electron chi connectivity index (χ4n) is 2.57. The van der Waals surface area contributed by atoms with E-state index in [-0.39, 0.29) is 5.91 Å². The molecule has 1 heterocycles. The van der Waals surface area contributed by atoms with E-state index in [2.05, 4.69) is 18.7 Å². The van der Waals surface area contributed by atoms with E-state index in [1.807, 2.05) is 29.2 Å². The number of amides is 1. The molecule has 1 aromatic carbocycles. The van der Waals surface area contributed by atoms with Crippen LogP contribution >= 0.6 is 0 Å². The highest BCUT2D eigenvalue weighted by atomic mass is 16.5. The molecule has 0 spiro atoms. The molecule has 2 rings (SSSR count). The second-order valence-electron chi connectivity index (χ2n) is 5.74. The topological polar surface area (TPSA) is 58.8 Å². The Hall–Kier alpha value is -2.01. The number of ether oxygens (including phenoxy) is 1. The summed E-state index contributed by atoms with van der Waals surface area (Å²) in [5.74, 6) is 0.761. The van der Waals surface area contributed by atoms with Crippen LogP contribution in [0, 0.1) is 0 Å². The number of piperazine rings is 1. The Labute approximate surface area is 138 Å². The first-order chi connectivity index (χ1) is 11.1. The number of nitrogens with two attached hydrogens (primary N) is 1. The van der Waals surface area contributed by atoms with Gasteiger partial charge in [-0.2, -0.15) is 0 Å². The van der Waals surface area contributed by atoms with Crippen LogP contribution in [-0.4, -0.2) is 55.0 Å². The molecule has 1 saturated heterocycles. The van der Waals surface area contributed by atoms with Gasteiger partial charge < -0.3 is 20.3 Å². The number of benzene rings is 1. The Kier molecular flexibility index (Phi) is 6.47. The van der Waals surface area contributed by atoms with Crippen molar-refractivity contribution in [2.24, 2.45) is 0 Å². The molecule has 5 heteroatoms. The van der Waals surface area contributed by atoms with Crippen LogP contribution < -0.4 is 10.5 Å². The number of nitrogen functional groups attached to an aromatic ring is 1. The first kappa shape index (κ1) is 17.3. The Morgan fingerprint density at radius 3 is 2.61 bits per heavy atom. The van der Waals surface area contributed by atoms with Crippen molar-refractivity contribution in [2.75, 3.05) is 45.1 Å². The van der Waals surface area contributed by atoms with Gasteiger partial charge in [0.2, 0.25) is 5.91 Å². The van der Waals surface area contributed by atoms with Gasteiger partial charge in [0.25, 0.3) is 0 Å². The van der Waals surface area contributed by atoms with Gasteiger partial charge in [-0.15, -0.1) is 0 Å². The zero-order valence-electron chi connectivity index (χ0n) is 14.1. The minimum Gasteiger partial charge on any atom is -0.491 e. The van der Waals surface area contributed by atoms with Gasteiger partial charge in [0.05, 0.1) is 12.3 Å². The molecule has 5 nitrogen and oxygen atoms in total. The fraction of sp³-hybridized carbons (Fsp3) is 0.500. The summed E-state index contributed by atoms with van der Waals surface area (Å²) in [5, 5.41) is 0. The molecule has 126 valence electrons. The summed E-state index contributed by atoms with van der Waals surface area (Å²) in [6, 6.07) is 5.61. The molecule has 0 bridgehead atoms. The van der Waals surface area contributed by atoms with E-state index >= 15 is 0 Å². The number of likely N-dealkylation sites (N-methyl/N-ethyl adjacent to an activating group) is 1. The lowest BCUT2D eigenvalue weighted by atomic mass is 10.1. The van der Waals surface area contributed by atoms with E-state index in [1.54, 1.807) is 6.08 Å². The molecule has 23 heavy (non-hydrogen) atoms. The Bertz CT molecular complexity index is 549. The lowest BCUT2D eigenvalue weighted by Crippen LogP contribution is -2.48. The first-order valence-electron chi connectivity index (χ1n) is 8.35. The molecular weight excluding hydrogens is 290 g/mol. The average molecular weight is 317 g/mol. The number of carbonyl (C=O) groups excluding carboxylic acids is 1. The smallest absolute Gasteiger partial charge is 0.246 e. The van der Waals surface area contributed by atoms with Crippen molar-refractivity contribution in [3.05, 3.63) is 29.8 Å². The third-order valence-electron chi connectivity index (χ3n) is 4.05. The fourth-order valence-corrected chi connectivity index (χ4v) is 2.57. The highest BCUT2D eigenvalue weighted by Crippen LogP contribution is 2.23. The van der Waals surface area contributed by atoms with Crippen molar-refractivity contribution in [3.63, 3.8) is 0 Å². The lowest BCUT2D eigenvalue weighted by Gasteiger charge is -2.33. The lowest BCUT2D eigenvalue weighted by molar-refractivity contribution is -0.127. The molecule has 2 N–H and O–H groups in total. The van der Waals surface area contributed by atoms with E-state index in [9.17, 15) is 4.79 Å². The molecule has 1 aliphatic rings. The Balaban J connectivity index is 1.92. The number of carbonyl (C=O) groups is 1. The van der Waals surface area contributed by atoms with Crippen LogP contribution in [0.4, 0.5) is 5.69 Å². The Morgan fingerprint density at radius 2 is 2.00 bits per heavy atom. The second kappa shape index (κ2) is 8.58. The summed E-state index contributed by atoms with van der Waals surface area (Å²) < 4.78 is 5.55. The van der Waals surface area contributed by atoms with Crippen LogP contribution in [0.1, 0.15) is 25.8 Å². The molecule has 0 aromatic heterocycles. The Morgan fingerprint density at radius 1 is 1.26 bits per heavy atom. The van der Waals surface area contributed by atoms with E-state index in [0.29, 0.717) is 18.0 Å². The molecule has 0 aliphatic carbocycles. The van der Waals surface area contributed by atoms with E-state index < -0.39 is 0 Å². The number of anilines is 1. The standard InChI is InChI=1S/C18H27N3O2/c1-3-13-23-17-7-5-15(14-16(17)19)6-8-18(22)21-11-9-20(4-2)10-12-21/h5-8,14H,3-4,9-13,19H2,1-2H3/b8-6-. The largest absolute Gasteiger partial charge is 0.491 e. The van der Waals surface area contributed by atoms with E-state index in [1.165, 1.54) is 0 Å². The summed E-state index contributed by atoms with van der Waals surface area (Å²) in [6.07, 6.45) is 4.39. The van der Waals surface area contributed by atoms with Crippen molar-refractivity contribution in [3.8, 4) is 5.75 Å². The predicted molar refractivity (Wildman–Crippen MR) is 94.4 cm³/mol. The van der Waals surface area contributed by atoms with Crippen molar-refractivity contribution >= 4 is 17.7 Å². The summed E-state index contributed by atoms with van der Waals surface area (Å²) >= 11 is 0. The number of rotatable bonds is 6. The number of hydrogen-bond donors (Lipinski definition) is 1. The van der Waals surface area contributed by atoms with Gasteiger partial charge in [-0.05, 0) is 36.7 Å². The third-order valence-corrected chi connectivity index (χ3v) is 4.05. The van der Waals surface area contributed by atoms with Crippen LogP contribution in [0.2, 0.25) is 0 Å². The van der Waals surface area contributed by atoms with Gasteiger partial charge in [0.1, 0.15) is 5.75 Å². The van der Waals surface area contributed by atoms with Crippen molar-refractivity contribution < 1.29 is 9.53 Å². The van der Waals surface area contributed by atoms with Crippen LogP contribution in [0.15, 0.2) is 24.3 Å². The van der Waals surface area contributed by atoms with Crippen LogP contribution in [0.5, 0.6) is 5.75 Å². The second-order valence-corrected chi connectivity index (χ2v) is 5.74. The summed E-state index contributed by atoms with van der Waals surface area (Å²) in [4.78, 5) is 16.5. The summed E-state index contributed by atoms with van der Waals surface area (Å²) in [6.45, 7) is 9.39. The quantitative estimate of drug-likeness (QED) is 0.646. The van der Waals surface area contributed by atoms with Gasteiger partial charge in [0.15, 0.2) is 0 Å². The van der Waals surface area contributed by atoms with Crippen molar-refractivity contribution in [1.82, 2.24) is 9.80 Å². The van der Waals surface area contributed by atoms with Crippen LogP contribution in [-0.2, 0) is 4.79 Å². The van der Waals surface area contributed by atoms with E-state index in [0.717, 1.165) is 44.7 Å². The molecule has 1 amide bonds. The normalized spacial score (nSPS) is 16.0. The molecule has 0 radical (unpaired) electrons. The molecule has 1 fully saturated rings. The van der Waals surface area contributed by atoms with Gasteiger partial charge in [-0.1, -0.05) is 19.9 Å². The van der Waals surface area contributed by atoms with Gasteiger partial charge >= 0.3 is 0 Å². The maximum Gasteiger partial charge on any atom is 0.246 e. The maximum atomic E-state index is 12.2. The predicted octanol–water partition coefficient (Wildman–Crippen LogP) is 2.23. The van der Waals surface area contributed by atoms with Crippen molar-refractivity contribution in [2.45, 2.75) is 20.3 Å². The van der Waals surface area contributed by atoms with Crippen molar-refractivity contribution in [1.29, 1.82) is 0 Å². The molecule has 0 saturated carbocycles. The monoisotopic (exact) mass is 317 g/mol. The molecule has 1 aliphatic heterocycles. The molecule has 1 aromatic rings. The minimum atomic E-state index is 0.0608. The maximum absolute atomic E-state index is 12.2. The minimum absolute atomic E-state index is 0.0608. The summed E-state index contributed by atoms with van der Waals surface area (Å²) in [7, 11) is 0. The average Bonchev–Trinajstić information content (AvgIpc) is 2.59. The zero-order valence-corrected chi connectivity index (χ0v) is 14.1. The first-order valence-corrected chi connectivity index (χ1v) is 8.35.